The van der Waals surface area contributed by atoms with Gasteiger partial charge in [-0.1, -0.05) is 18.2 Å². The monoisotopic (exact) mass is 434 g/mol. The van der Waals surface area contributed by atoms with E-state index in [0.29, 0.717) is 19.8 Å². The summed E-state index contributed by atoms with van der Waals surface area (Å²) in [7, 11) is 0. The van der Waals surface area contributed by atoms with Crippen molar-refractivity contribution in [3.05, 3.63) is 53.1 Å². The van der Waals surface area contributed by atoms with Gasteiger partial charge in [0.05, 0.1) is 25.2 Å². The number of carbonyl (C=O) groups is 2. The van der Waals surface area contributed by atoms with E-state index in [-0.39, 0.29) is 30.2 Å². The van der Waals surface area contributed by atoms with Gasteiger partial charge in [-0.05, 0) is 61.6 Å². The Hall–Kier alpha value is -3.02. The van der Waals surface area contributed by atoms with Crippen LogP contribution in [0.4, 0.5) is 5.69 Å². The lowest BCUT2D eigenvalue weighted by Gasteiger charge is -2.28. The first-order chi connectivity index (χ1) is 15.5. The Morgan fingerprint density at radius 1 is 1.03 bits per heavy atom. The maximum absolute atomic E-state index is 13.5. The van der Waals surface area contributed by atoms with Gasteiger partial charge >= 0.3 is 0 Å². The van der Waals surface area contributed by atoms with Crippen molar-refractivity contribution >= 4 is 17.5 Å². The van der Waals surface area contributed by atoms with E-state index in [1.807, 2.05) is 55.1 Å². The molecule has 2 atom stereocenters. The van der Waals surface area contributed by atoms with Crippen molar-refractivity contribution in [2.24, 2.45) is 5.92 Å². The van der Waals surface area contributed by atoms with Crippen molar-refractivity contribution in [2.45, 2.75) is 45.6 Å². The van der Waals surface area contributed by atoms with Gasteiger partial charge in [0.15, 0.2) is 11.5 Å². The first-order valence-electron chi connectivity index (χ1n) is 11.6. The van der Waals surface area contributed by atoms with Crippen LogP contribution < -0.4 is 14.4 Å². The molecular formula is C26H30N2O4. The van der Waals surface area contributed by atoms with Gasteiger partial charge in [0.2, 0.25) is 11.8 Å². The van der Waals surface area contributed by atoms with Crippen LogP contribution in [0.3, 0.4) is 0 Å². The van der Waals surface area contributed by atoms with Gasteiger partial charge in [0.1, 0.15) is 0 Å². The van der Waals surface area contributed by atoms with Gasteiger partial charge in [-0.15, -0.1) is 0 Å². The Morgan fingerprint density at radius 2 is 1.84 bits per heavy atom. The minimum Gasteiger partial charge on any atom is -0.490 e. The van der Waals surface area contributed by atoms with Crippen LogP contribution in [-0.4, -0.2) is 43.0 Å². The van der Waals surface area contributed by atoms with Crippen LogP contribution in [0.25, 0.3) is 0 Å². The van der Waals surface area contributed by atoms with Crippen molar-refractivity contribution in [3.8, 4) is 11.5 Å². The Balaban J connectivity index is 1.35. The first kappa shape index (κ1) is 20.9. The topological polar surface area (TPSA) is 59.1 Å². The molecule has 0 saturated carbocycles. The summed E-state index contributed by atoms with van der Waals surface area (Å²) in [5.41, 5.74) is 4.25. The lowest BCUT2D eigenvalue weighted by atomic mass is 10.0. The molecule has 2 aromatic rings. The highest BCUT2D eigenvalue weighted by atomic mass is 16.5. The molecule has 0 aliphatic carbocycles. The van der Waals surface area contributed by atoms with E-state index >= 15 is 0 Å². The average Bonchev–Trinajstić information content (AvgIpc) is 3.36. The van der Waals surface area contributed by atoms with E-state index in [1.165, 1.54) is 0 Å². The second-order valence-corrected chi connectivity index (χ2v) is 9.07. The molecule has 2 fully saturated rings. The smallest absolute Gasteiger partial charge is 0.228 e. The van der Waals surface area contributed by atoms with Crippen molar-refractivity contribution in [1.82, 2.24) is 4.90 Å². The first-order valence-corrected chi connectivity index (χ1v) is 11.6. The predicted octanol–water partition coefficient (Wildman–Crippen LogP) is 4.18. The summed E-state index contributed by atoms with van der Waals surface area (Å²) in [5, 5.41) is 0. The quantitative estimate of drug-likeness (QED) is 0.727. The van der Waals surface area contributed by atoms with Crippen LogP contribution >= 0.6 is 0 Å². The Morgan fingerprint density at radius 3 is 2.69 bits per heavy atom. The third-order valence-electron chi connectivity index (χ3n) is 7.03. The molecule has 0 radical (unpaired) electrons. The highest BCUT2D eigenvalue weighted by Gasteiger charge is 2.41. The number of likely N-dealkylation sites (tertiary alicyclic amines) is 1. The molecule has 3 aliphatic rings. The van der Waals surface area contributed by atoms with Crippen LogP contribution in [0.2, 0.25) is 0 Å². The molecule has 32 heavy (non-hydrogen) atoms. The maximum Gasteiger partial charge on any atom is 0.228 e. The van der Waals surface area contributed by atoms with Gasteiger partial charge in [-0.2, -0.15) is 0 Å². The molecule has 0 N–H and O–H groups in total. The number of carbonyl (C=O) groups excluding carboxylic acids is 2. The summed E-state index contributed by atoms with van der Waals surface area (Å²) in [6.07, 6.45) is 3.03. The molecule has 2 aromatic carbocycles. The zero-order valence-electron chi connectivity index (χ0n) is 18.8. The average molecular weight is 435 g/mol. The molecule has 0 unspecified atom stereocenters. The number of hydrogen-bond donors (Lipinski definition) is 0. The molecule has 2 saturated heterocycles. The molecule has 0 spiro atoms. The lowest BCUT2D eigenvalue weighted by molar-refractivity contribution is -0.136. The van der Waals surface area contributed by atoms with Gasteiger partial charge in [0, 0.05) is 31.6 Å². The van der Waals surface area contributed by atoms with Gasteiger partial charge in [0.25, 0.3) is 0 Å². The van der Waals surface area contributed by atoms with Crippen molar-refractivity contribution < 1.29 is 19.1 Å². The Labute approximate surface area is 189 Å². The van der Waals surface area contributed by atoms with Gasteiger partial charge in [-0.3, -0.25) is 9.59 Å². The molecule has 6 nitrogen and oxygen atoms in total. The van der Waals surface area contributed by atoms with Crippen LogP contribution in [0.15, 0.2) is 36.4 Å². The molecule has 0 aromatic heterocycles. The molecule has 5 rings (SSSR count). The number of anilines is 1. The minimum absolute atomic E-state index is 0.0181. The van der Waals surface area contributed by atoms with E-state index in [2.05, 4.69) is 0 Å². The summed E-state index contributed by atoms with van der Waals surface area (Å²) < 4.78 is 11.6. The van der Waals surface area contributed by atoms with E-state index < -0.39 is 0 Å². The van der Waals surface area contributed by atoms with E-state index in [9.17, 15) is 9.59 Å². The van der Waals surface area contributed by atoms with E-state index in [0.717, 1.165) is 59.7 Å². The summed E-state index contributed by atoms with van der Waals surface area (Å²) in [6, 6.07) is 12.0. The van der Waals surface area contributed by atoms with Crippen LogP contribution in [-0.2, 0) is 9.59 Å². The fourth-order valence-electron chi connectivity index (χ4n) is 5.13. The highest BCUT2D eigenvalue weighted by molar-refractivity contribution is 6.01. The number of hydrogen-bond acceptors (Lipinski definition) is 4. The summed E-state index contributed by atoms with van der Waals surface area (Å²) in [6.45, 7) is 6.56. The Bertz CT molecular complexity index is 1050. The molecule has 2 amide bonds. The summed E-state index contributed by atoms with van der Waals surface area (Å²) in [4.78, 5) is 30.1. The SMILES string of the molecule is Cc1cccc(N2C[C@H](C(=O)N3CCC[C@@H]3c3ccc4c(c3)OCCCO4)CC2=O)c1C. The third kappa shape index (κ3) is 3.72. The maximum atomic E-state index is 13.5. The largest absolute Gasteiger partial charge is 0.490 e. The van der Waals surface area contributed by atoms with Crippen LogP contribution in [0.5, 0.6) is 11.5 Å². The molecular weight excluding hydrogens is 404 g/mol. The fraction of sp³-hybridized carbons (Fsp3) is 0.462. The van der Waals surface area contributed by atoms with Crippen LogP contribution in [0, 0.1) is 19.8 Å². The molecule has 168 valence electrons. The lowest BCUT2D eigenvalue weighted by Crippen LogP contribution is -2.37. The summed E-state index contributed by atoms with van der Waals surface area (Å²) in [5.74, 6) is 1.34. The number of fused-ring (bicyclic) bond motifs is 1. The molecule has 3 heterocycles. The zero-order valence-corrected chi connectivity index (χ0v) is 18.8. The molecule has 6 heteroatoms. The van der Waals surface area contributed by atoms with Gasteiger partial charge in [-0.25, -0.2) is 0 Å². The van der Waals surface area contributed by atoms with Crippen LogP contribution in [0.1, 0.15) is 48.4 Å². The van der Waals surface area contributed by atoms with E-state index in [4.69, 9.17) is 9.47 Å². The third-order valence-corrected chi connectivity index (χ3v) is 7.03. The number of aryl methyl sites for hydroxylation is 1. The number of rotatable bonds is 3. The number of benzene rings is 2. The Kier molecular flexibility index (Phi) is 5.53. The second kappa shape index (κ2) is 8.49. The number of amides is 2. The standard InChI is InChI=1S/C26H30N2O4/c1-17-6-3-7-21(18(17)2)28-16-20(15-25(28)29)26(30)27-11-4-8-22(27)19-9-10-23-24(14-19)32-13-5-12-31-23/h3,6-7,9-10,14,20,22H,4-5,8,11-13,15-16H2,1-2H3/t20-,22-/m1/s1. The second-order valence-electron chi connectivity index (χ2n) is 9.07. The fourth-order valence-corrected chi connectivity index (χ4v) is 5.13. The number of nitrogens with zero attached hydrogens (tertiary/aromatic N) is 2. The number of ether oxygens (including phenoxy) is 2. The minimum atomic E-state index is -0.302. The molecule has 3 aliphatic heterocycles. The summed E-state index contributed by atoms with van der Waals surface area (Å²) >= 11 is 0. The van der Waals surface area contributed by atoms with Crippen molar-refractivity contribution in [3.63, 3.8) is 0 Å². The van der Waals surface area contributed by atoms with Gasteiger partial charge < -0.3 is 19.3 Å². The molecule has 0 bridgehead atoms. The predicted molar refractivity (Wildman–Crippen MR) is 122 cm³/mol. The zero-order chi connectivity index (χ0) is 22.2. The van der Waals surface area contributed by atoms with E-state index in [1.54, 1.807) is 4.90 Å². The normalized spacial score (nSPS) is 22.9. The van der Waals surface area contributed by atoms with Crippen molar-refractivity contribution in [2.75, 3.05) is 31.2 Å². The van der Waals surface area contributed by atoms with Crippen molar-refractivity contribution in [1.29, 1.82) is 0 Å². The highest BCUT2D eigenvalue weighted by Crippen LogP contribution is 2.39.